The van der Waals surface area contributed by atoms with E-state index in [2.05, 4.69) is 21.3 Å². The number of anilines is 1. The highest BCUT2D eigenvalue weighted by molar-refractivity contribution is 5.31. The summed E-state index contributed by atoms with van der Waals surface area (Å²) in [6, 6.07) is 2.07. The van der Waals surface area contributed by atoms with Crippen LogP contribution in [-0.4, -0.2) is 49.4 Å². The van der Waals surface area contributed by atoms with Gasteiger partial charge in [-0.05, 0) is 32.0 Å². The zero-order valence-corrected chi connectivity index (χ0v) is 10.6. The molecule has 1 aromatic heterocycles. The van der Waals surface area contributed by atoms with Crippen LogP contribution in [0.1, 0.15) is 24.5 Å². The Morgan fingerprint density at radius 1 is 1.22 bits per heavy atom. The van der Waals surface area contributed by atoms with Crippen molar-refractivity contribution in [1.82, 2.24) is 15.3 Å². The lowest BCUT2D eigenvalue weighted by molar-refractivity contribution is 0.122. The fourth-order valence-corrected chi connectivity index (χ4v) is 2.62. The molecule has 5 nitrogen and oxygen atoms in total. The Morgan fingerprint density at radius 2 is 2.00 bits per heavy atom. The molecule has 0 aromatic carbocycles. The van der Waals surface area contributed by atoms with Crippen LogP contribution in [0.15, 0.2) is 12.3 Å². The highest BCUT2D eigenvalue weighted by Crippen LogP contribution is 2.24. The van der Waals surface area contributed by atoms with Gasteiger partial charge in [0.15, 0.2) is 0 Å². The molecule has 0 spiro atoms. The van der Waals surface area contributed by atoms with E-state index in [0.29, 0.717) is 5.92 Å². The first-order valence-corrected chi connectivity index (χ1v) is 6.80. The van der Waals surface area contributed by atoms with Gasteiger partial charge in [-0.3, -0.25) is 0 Å². The molecule has 1 N–H and O–H groups in total. The first kappa shape index (κ1) is 11.9. The van der Waals surface area contributed by atoms with Crippen molar-refractivity contribution in [3.8, 4) is 0 Å². The third kappa shape index (κ3) is 2.62. The number of rotatable bonds is 2. The molecule has 0 atom stereocenters. The minimum absolute atomic E-state index is 0.592. The van der Waals surface area contributed by atoms with E-state index in [1.807, 2.05) is 6.20 Å². The van der Waals surface area contributed by atoms with Crippen LogP contribution in [0.3, 0.4) is 0 Å². The molecule has 5 heteroatoms. The normalized spacial score (nSPS) is 22.1. The number of piperidine rings is 1. The molecule has 0 unspecified atom stereocenters. The lowest BCUT2D eigenvalue weighted by atomic mass is 9.94. The highest BCUT2D eigenvalue weighted by Gasteiger charge is 2.19. The Hall–Kier alpha value is -1.20. The maximum atomic E-state index is 5.36. The molecule has 18 heavy (non-hydrogen) atoms. The Labute approximate surface area is 108 Å². The van der Waals surface area contributed by atoms with Gasteiger partial charge < -0.3 is 15.0 Å². The predicted molar refractivity (Wildman–Crippen MR) is 69.9 cm³/mol. The summed E-state index contributed by atoms with van der Waals surface area (Å²) >= 11 is 0. The van der Waals surface area contributed by atoms with Gasteiger partial charge in [0, 0.05) is 30.9 Å². The molecule has 0 saturated carbocycles. The zero-order chi connectivity index (χ0) is 12.2. The quantitative estimate of drug-likeness (QED) is 0.838. The SMILES string of the molecule is c1cc(C2CCNCC2)nc(N2CCOCC2)n1. The van der Waals surface area contributed by atoms with Crippen molar-refractivity contribution in [3.63, 3.8) is 0 Å². The smallest absolute Gasteiger partial charge is 0.225 e. The molecule has 0 amide bonds. The van der Waals surface area contributed by atoms with Crippen molar-refractivity contribution in [3.05, 3.63) is 18.0 Å². The second-order valence-electron chi connectivity index (χ2n) is 4.91. The van der Waals surface area contributed by atoms with Gasteiger partial charge in [-0.25, -0.2) is 9.97 Å². The number of nitrogens with zero attached hydrogens (tertiary/aromatic N) is 3. The topological polar surface area (TPSA) is 50.3 Å². The van der Waals surface area contributed by atoms with Gasteiger partial charge in [-0.15, -0.1) is 0 Å². The van der Waals surface area contributed by atoms with Crippen LogP contribution in [-0.2, 0) is 4.74 Å². The van der Waals surface area contributed by atoms with Gasteiger partial charge in [-0.2, -0.15) is 0 Å². The van der Waals surface area contributed by atoms with Gasteiger partial charge >= 0.3 is 0 Å². The largest absolute Gasteiger partial charge is 0.378 e. The van der Waals surface area contributed by atoms with E-state index in [4.69, 9.17) is 9.72 Å². The number of aromatic nitrogens is 2. The van der Waals surface area contributed by atoms with Gasteiger partial charge in [0.1, 0.15) is 0 Å². The second-order valence-corrected chi connectivity index (χ2v) is 4.91. The number of nitrogens with one attached hydrogen (secondary N) is 1. The third-order valence-corrected chi connectivity index (χ3v) is 3.72. The number of morpholine rings is 1. The summed E-state index contributed by atoms with van der Waals surface area (Å²) in [4.78, 5) is 11.4. The standard InChI is InChI=1S/C13H20N4O/c1-4-14-5-2-11(1)12-3-6-15-13(16-12)17-7-9-18-10-8-17/h3,6,11,14H,1-2,4-5,7-10H2. The summed E-state index contributed by atoms with van der Waals surface area (Å²) < 4.78 is 5.36. The highest BCUT2D eigenvalue weighted by atomic mass is 16.5. The Balaban J connectivity index is 1.75. The van der Waals surface area contributed by atoms with E-state index in [1.54, 1.807) is 0 Å². The molecule has 98 valence electrons. The average molecular weight is 248 g/mol. The van der Waals surface area contributed by atoms with Crippen LogP contribution in [0.2, 0.25) is 0 Å². The van der Waals surface area contributed by atoms with Gasteiger partial charge in [0.05, 0.1) is 13.2 Å². The molecule has 2 aliphatic heterocycles. The molecule has 3 heterocycles. The van der Waals surface area contributed by atoms with E-state index < -0.39 is 0 Å². The van der Waals surface area contributed by atoms with E-state index in [9.17, 15) is 0 Å². The van der Waals surface area contributed by atoms with Crippen LogP contribution >= 0.6 is 0 Å². The molecule has 0 radical (unpaired) electrons. The van der Waals surface area contributed by atoms with Crippen molar-refractivity contribution in [1.29, 1.82) is 0 Å². The maximum absolute atomic E-state index is 5.36. The monoisotopic (exact) mass is 248 g/mol. The molecular weight excluding hydrogens is 228 g/mol. The van der Waals surface area contributed by atoms with Crippen LogP contribution < -0.4 is 10.2 Å². The second kappa shape index (κ2) is 5.63. The summed E-state index contributed by atoms with van der Waals surface area (Å²) in [5.74, 6) is 1.46. The van der Waals surface area contributed by atoms with Gasteiger partial charge in [0.25, 0.3) is 0 Å². The third-order valence-electron chi connectivity index (χ3n) is 3.72. The number of hydrogen-bond acceptors (Lipinski definition) is 5. The van der Waals surface area contributed by atoms with E-state index in [-0.39, 0.29) is 0 Å². The average Bonchev–Trinajstić information content (AvgIpc) is 2.49. The van der Waals surface area contributed by atoms with E-state index in [0.717, 1.165) is 45.3 Å². The number of hydrogen-bond donors (Lipinski definition) is 1. The summed E-state index contributed by atoms with van der Waals surface area (Å²) in [6.07, 6.45) is 4.26. The van der Waals surface area contributed by atoms with Crippen LogP contribution in [0.5, 0.6) is 0 Å². The van der Waals surface area contributed by atoms with Crippen molar-refractivity contribution >= 4 is 5.95 Å². The van der Waals surface area contributed by atoms with Crippen LogP contribution in [0, 0.1) is 0 Å². The number of ether oxygens (including phenoxy) is 1. The summed E-state index contributed by atoms with van der Waals surface area (Å²) in [7, 11) is 0. The fourth-order valence-electron chi connectivity index (χ4n) is 2.62. The summed E-state index contributed by atoms with van der Waals surface area (Å²) in [5, 5.41) is 3.39. The molecule has 2 saturated heterocycles. The van der Waals surface area contributed by atoms with Crippen molar-refractivity contribution in [2.75, 3.05) is 44.3 Å². The van der Waals surface area contributed by atoms with E-state index in [1.165, 1.54) is 18.5 Å². The van der Waals surface area contributed by atoms with E-state index >= 15 is 0 Å². The Morgan fingerprint density at radius 3 is 2.78 bits per heavy atom. The lowest BCUT2D eigenvalue weighted by Crippen LogP contribution is -2.37. The fraction of sp³-hybridized carbons (Fsp3) is 0.692. The summed E-state index contributed by atoms with van der Waals surface area (Å²) in [6.45, 7) is 5.55. The first-order valence-electron chi connectivity index (χ1n) is 6.80. The molecule has 0 aliphatic carbocycles. The van der Waals surface area contributed by atoms with Gasteiger partial charge in [-0.1, -0.05) is 0 Å². The molecule has 2 fully saturated rings. The minimum atomic E-state index is 0.592. The first-order chi connectivity index (χ1) is 8.93. The molecule has 2 aliphatic rings. The van der Waals surface area contributed by atoms with Crippen LogP contribution in [0.25, 0.3) is 0 Å². The van der Waals surface area contributed by atoms with Crippen molar-refractivity contribution in [2.45, 2.75) is 18.8 Å². The van der Waals surface area contributed by atoms with Gasteiger partial charge in [0.2, 0.25) is 5.95 Å². The Kier molecular flexibility index (Phi) is 3.71. The molecule has 1 aromatic rings. The lowest BCUT2D eigenvalue weighted by Gasteiger charge is -2.28. The molecule has 0 bridgehead atoms. The predicted octanol–water partition coefficient (Wildman–Crippen LogP) is 0.780. The maximum Gasteiger partial charge on any atom is 0.225 e. The minimum Gasteiger partial charge on any atom is -0.378 e. The summed E-state index contributed by atoms with van der Waals surface area (Å²) in [5.41, 5.74) is 1.20. The molecular formula is C13H20N4O. The zero-order valence-electron chi connectivity index (χ0n) is 10.6. The molecule has 3 rings (SSSR count). The van der Waals surface area contributed by atoms with Crippen molar-refractivity contribution < 1.29 is 4.74 Å². The van der Waals surface area contributed by atoms with Crippen molar-refractivity contribution in [2.24, 2.45) is 0 Å². The Bertz CT molecular complexity index is 353. The van der Waals surface area contributed by atoms with Crippen LogP contribution in [0.4, 0.5) is 5.95 Å².